The molecule has 7 heteroatoms. The number of alkyl halides is 3. The van der Waals surface area contributed by atoms with Gasteiger partial charge in [0.2, 0.25) is 0 Å². The van der Waals surface area contributed by atoms with Crippen LogP contribution in [0.15, 0.2) is 17.1 Å². The summed E-state index contributed by atoms with van der Waals surface area (Å²) in [5.74, 6) is -0.240. The summed E-state index contributed by atoms with van der Waals surface area (Å²) in [5, 5.41) is 0. The number of morpholine rings is 1. The monoisotopic (exact) mass is 362 g/mol. The Morgan fingerprint density at radius 3 is 2.28 bits per heavy atom. The number of aryl methyl sites for hydroxylation is 1. The van der Waals surface area contributed by atoms with E-state index in [2.05, 4.69) is 4.90 Å². The van der Waals surface area contributed by atoms with Crippen molar-refractivity contribution in [2.75, 3.05) is 32.8 Å². The molecule has 1 aromatic heterocycles. The third-order valence-corrected chi connectivity index (χ3v) is 4.04. The number of aromatic nitrogens is 1. The quantitative estimate of drug-likeness (QED) is 0.800. The highest BCUT2D eigenvalue weighted by Crippen LogP contribution is 2.30. The van der Waals surface area contributed by atoms with Gasteiger partial charge in [0.15, 0.2) is 0 Å². The summed E-state index contributed by atoms with van der Waals surface area (Å²) in [6.07, 6.45) is -2.87. The van der Waals surface area contributed by atoms with E-state index in [-0.39, 0.29) is 17.0 Å². The van der Waals surface area contributed by atoms with Crippen LogP contribution in [-0.2, 0) is 17.5 Å². The van der Waals surface area contributed by atoms with Gasteiger partial charge in [0.1, 0.15) is 0 Å². The van der Waals surface area contributed by atoms with Gasteiger partial charge in [0, 0.05) is 37.9 Å². The van der Waals surface area contributed by atoms with Crippen molar-refractivity contribution in [1.82, 2.24) is 9.47 Å². The number of hydrogen-bond acceptors (Lipinski definition) is 3. The van der Waals surface area contributed by atoms with Crippen molar-refractivity contribution in [3.63, 3.8) is 0 Å². The van der Waals surface area contributed by atoms with Crippen LogP contribution in [0, 0.1) is 0 Å². The Labute approximate surface area is 147 Å². The second-order valence-electron chi connectivity index (χ2n) is 6.14. The van der Waals surface area contributed by atoms with E-state index in [4.69, 9.17) is 4.74 Å². The average molecular weight is 362 g/mol. The van der Waals surface area contributed by atoms with Gasteiger partial charge >= 0.3 is 6.18 Å². The zero-order chi connectivity index (χ0) is 19.0. The van der Waals surface area contributed by atoms with Gasteiger partial charge < -0.3 is 9.30 Å². The summed E-state index contributed by atoms with van der Waals surface area (Å²) < 4.78 is 45.5. The predicted octanol–water partition coefficient (Wildman–Crippen LogP) is 3.74. The molecule has 1 aliphatic rings. The molecule has 1 saturated heterocycles. The Balaban J connectivity index is 0.00000151. The number of ether oxygens (including phenoxy) is 1. The van der Waals surface area contributed by atoms with Gasteiger partial charge in [-0.25, -0.2) is 0 Å². The molecule has 2 heterocycles. The lowest BCUT2D eigenvalue weighted by atomic mass is 10.0. The summed E-state index contributed by atoms with van der Waals surface area (Å²) in [4.78, 5) is 14.5. The topological polar surface area (TPSA) is 34.5 Å². The van der Waals surface area contributed by atoms with Gasteiger partial charge in [-0.2, -0.15) is 13.2 Å². The van der Waals surface area contributed by atoms with Crippen molar-refractivity contribution in [2.45, 2.75) is 52.8 Å². The molecule has 1 aromatic rings. The minimum atomic E-state index is -4.44. The second-order valence-corrected chi connectivity index (χ2v) is 6.14. The third kappa shape index (κ3) is 6.47. The smallest absolute Gasteiger partial charge is 0.379 e. The maximum Gasteiger partial charge on any atom is 0.417 e. The molecule has 0 saturated carbocycles. The van der Waals surface area contributed by atoms with Crippen molar-refractivity contribution in [3.8, 4) is 0 Å². The Morgan fingerprint density at radius 1 is 1.16 bits per heavy atom. The number of pyridine rings is 1. The van der Waals surface area contributed by atoms with Crippen molar-refractivity contribution in [1.29, 1.82) is 0 Å². The molecular formula is C18H29F3N2O2. The van der Waals surface area contributed by atoms with Crippen LogP contribution < -0.4 is 5.56 Å². The summed E-state index contributed by atoms with van der Waals surface area (Å²) in [7, 11) is 0. The molecule has 0 bridgehead atoms. The lowest BCUT2D eigenvalue weighted by Gasteiger charge is -2.26. The fraction of sp³-hybridized carbons (Fsp3) is 0.722. The first kappa shape index (κ1) is 21.7. The average Bonchev–Trinajstić information content (AvgIpc) is 2.58. The highest BCUT2D eigenvalue weighted by Gasteiger charge is 2.32. The molecule has 0 unspecified atom stereocenters. The fourth-order valence-electron chi connectivity index (χ4n) is 2.68. The minimum Gasteiger partial charge on any atom is -0.379 e. The zero-order valence-corrected chi connectivity index (χ0v) is 15.5. The van der Waals surface area contributed by atoms with E-state index >= 15 is 0 Å². The molecule has 0 amide bonds. The molecule has 0 aliphatic carbocycles. The maximum absolute atomic E-state index is 13.0. The lowest BCUT2D eigenvalue weighted by molar-refractivity contribution is -0.138. The Morgan fingerprint density at radius 2 is 1.76 bits per heavy atom. The first-order valence-electron chi connectivity index (χ1n) is 8.90. The number of nitrogens with zero attached hydrogens (tertiary/aromatic N) is 2. The van der Waals surface area contributed by atoms with Crippen LogP contribution >= 0.6 is 0 Å². The van der Waals surface area contributed by atoms with Gasteiger partial charge in [0.25, 0.3) is 5.56 Å². The minimum absolute atomic E-state index is 0.214. The SMILES string of the molecule is CC.CC(C)c1cc(C(F)(F)F)cn(CCCN2CCOCC2)c1=O. The zero-order valence-electron chi connectivity index (χ0n) is 15.5. The van der Waals surface area contributed by atoms with Crippen molar-refractivity contribution < 1.29 is 17.9 Å². The highest BCUT2D eigenvalue weighted by molar-refractivity contribution is 5.24. The van der Waals surface area contributed by atoms with E-state index in [1.165, 1.54) is 4.57 Å². The van der Waals surface area contributed by atoms with Crippen molar-refractivity contribution >= 4 is 0 Å². The van der Waals surface area contributed by atoms with E-state index in [1.54, 1.807) is 13.8 Å². The third-order valence-electron chi connectivity index (χ3n) is 4.04. The van der Waals surface area contributed by atoms with Gasteiger partial charge in [-0.3, -0.25) is 9.69 Å². The maximum atomic E-state index is 13.0. The molecule has 0 atom stereocenters. The molecule has 2 rings (SSSR count). The molecule has 25 heavy (non-hydrogen) atoms. The van der Waals surface area contributed by atoms with E-state index in [9.17, 15) is 18.0 Å². The number of hydrogen-bond donors (Lipinski definition) is 0. The van der Waals surface area contributed by atoms with Crippen LogP contribution in [0.4, 0.5) is 13.2 Å². The van der Waals surface area contributed by atoms with E-state index in [0.717, 1.165) is 31.9 Å². The number of rotatable bonds is 5. The molecule has 1 fully saturated rings. The number of halogens is 3. The van der Waals surface area contributed by atoms with Gasteiger partial charge in [-0.15, -0.1) is 0 Å². The standard InChI is InChI=1S/C16H23F3N2O2.C2H6/c1-12(2)14-10-13(16(17,18)19)11-21(15(14)22)5-3-4-20-6-8-23-9-7-20;1-2/h10-12H,3-9H2,1-2H3;1-2H3. The van der Waals surface area contributed by atoms with E-state index in [1.807, 2.05) is 13.8 Å². The molecule has 4 nitrogen and oxygen atoms in total. The van der Waals surface area contributed by atoms with E-state index < -0.39 is 11.7 Å². The summed E-state index contributed by atoms with van der Waals surface area (Å²) >= 11 is 0. The van der Waals surface area contributed by atoms with Crippen LogP contribution in [0.25, 0.3) is 0 Å². The predicted molar refractivity (Wildman–Crippen MR) is 93.0 cm³/mol. The van der Waals surface area contributed by atoms with Crippen LogP contribution in [0.2, 0.25) is 0 Å². The Kier molecular flexibility index (Phi) is 8.65. The van der Waals surface area contributed by atoms with Gasteiger partial charge in [-0.05, 0) is 18.4 Å². The van der Waals surface area contributed by atoms with Crippen molar-refractivity contribution in [3.05, 3.63) is 33.7 Å². The molecule has 0 aromatic carbocycles. The second kappa shape index (κ2) is 9.97. The first-order valence-corrected chi connectivity index (χ1v) is 8.90. The summed E-state index contributed by atoms with van der Waals surface area (Å²) in [6, 6.07) is 0.978. The molecule has 0 N–H and O–H groups in total. The first-order chi connectivity index (χ1) is 11.8. The Bertz CT molecular complexity index is 577. The Hall–Kier alpha value is -1.34. The van der Waals surface area contributed by atoms with Crippen LogP contribution in [-0.4, -0.2) is 42.3 Å². The van der Waals surface area contributed by atoms with Crippen molar-refractivity contribution in [2.24, 2.45) is 0 Å². The molecule has 144 valence electrons. The molecule has 1 aliphatic heterocycles. The van der Waals surface area contributed by atoms with Crippen LogP contribution in [0.3, 0.4) is 0 Å². The molecule has 0 radical (unpaired) electrons. The highest BCUT2D eigenvalue weighted by atomic mass is 19.4. The lowest BCUT2D eigenvalue weighted by Crippen LogP contribution is -2.37. The molecular weight excluding hydrogens is 333 g/mol. The van der Waals surface area contributed by atoms with Crippen LogP contribution in [0.5, 0.6) is 0 Å². The largest absolute Gasteiger partial charge is 0.417 e. The fourth-order valence-corrected chi connectivity index (χ4v) is 2.68. The summed E-state index contributed by atoms with van der Waals surface area (Å²) in [5.41, 5.74) is -0.867. The van der Waals surface area contributed by atoms with E-state index in [0.29, 0.717) is 26.2 Å². The normalized spacial score (nSPS) is 15.8. The van der Waals surface area contributed by atoms with Gasteiger partial charge in [0.05, 0.1) is 18.8 Å². The summed E-state index contributed by atoms with van der Waals surface area (Å²) in [6.45, 7) is 11.5. The van der Waals surface area contributed by atoms with Gasteiger partial charge in [-0.1, -0.05) is 27.7 Å². The molecule has 0 spiro atoms. The van der Waals surface area contributed by atoms with Crippen LogP contribution in [0.1, 0.15) is 51.2 Å².